The van der Waals surface area contributed by atoms with Crippen molar-refractivity contribution in [3.8, 4) is 0 Å². The fourth-order valence-corrected chi connectivity index (χ4v) is 2.05. The molecule has 0 amide bonds. The third kappa shape index (κ3) is 6.33. The first-order valence-corrected chi connectivity index (χ1v) is 7.25. The number of thiocarbonyl (C=S) groups is 1. The standard InChI is InChI=1S/C13H19BrN2O2S/c1-17-7-8-18-6-2-5-16-12-4-3-10(14)9-11(12)13(15)19/h3-4,9,16H,2,5-8H2,1H3,(H2,15,19). The summed E-state index contributed by atoms with van der Waals surface area (Å²) in [4.78, 5) is 0.389. The summed E-state index contributed by atoms with van der Waals surface area (Å²) in [7, 11) is 1.66. The molecule has 0 bridgehead atoms. The van der Waals surface area contributed by atoms with Crippen LogP contribution >= 0.6 is 28.1 Å². The largest absolute Gasteiger partial charge is 0.389 e. The summed E-state index contributed by atoms with van der Waals surface area (Å²) in [5, 5.41) is 3.31. The minimum atomic E-state index is 0.389. The summed E-state index contributed by atoms with van der Waals surface area (Å²) in [5.74, 6) is 0. The van der Waals surface area contributed by atoms with Gasteiger partial charge in [0.15, 0.2) is 0 Å². The predicted octanol–water partition coefficient (Wildman–Crippen LogP) is 2.55. The Bertz CT molecular complexity index is 416. The first-order chi connectivity index (χ1) is 9.15. The number of hydrogen-bond donors (Lipinski definition) is 2. The molecule has 0 heterocycles. The highest BCUT2D eigenvalue weighted by atomic mass is 79.9. The molecule has 3 N–H and O–H groups in total. The lowest BCUT2D eigenvalue weighted by molar-refractivity contribution is 0.0705. The number of anilines is 1. The third-order valence-electron chi connectivity index (χ3n) is 2.46. The second kappa shape index (κ2) is 9.25. The lowest BCUT2D eigenvalue weighted by atomic mass is 10.1. The number of hydrogen-bond acceptors (Lipinski definition) is 4. The highest BCUT2D eigenvalue weighted by molar-refractivity contribution is 9.10. The number of nitrogens with two attached hydrogens (primary N) is 1. The van der Waals surface area contributed by atoms with Crippen molar-refractivity contribution in [3.05, 3.63) is 28.2 Å². The van der Waals surface area contributed by atoms with E-state index in [1.165, 1.54) is 0 Å². The molecule has 0 aliphatic heterocycles. The van der Waals surface area contributed by atoms with Crippen molar-refractivity contribution in [2.45, 2.75) is 6.42 Å². The zero-order chi connectivity index (χ0) is 14.1. The molecule has 1 aromatic carbocycles. The van der Waals surface area contributed by atoms with Gasteiger partial charge in [0.2, 0.25) is 0 Å². The van der Waals surface area contributed by atoms with Crippen LogP contribution in [-0.4, -0.2) is 38.5 Å². The maximum absolute atomic E-state index is 5.70. The Kier molecular flexibility index (Phi) is 7.97. The molecule has 0 aliphatic carbocycles. The quantitative estimate of drug-likeness (QED) is 0.531. The van der Waals surface area contributed by atoms with Gasteiger partial charge in [-0.15, -0.1) is 0 Å². The van der Waals surface area contributed by atoms with Crippen LogP contribution in [-0.2, 0) is 9.47 Å². The van der Waals surface area contributed by atoms with Crippen LogP contribution in [0.5, 0.6) is 0 Å². The average molecular weight is 347 g/mol. The van der Waals surface area contributed by atoms with Gasteiger partial charge >= 0.3 is 0 Å². The van der Waals surface area contributed by atoms with Gasteiger partial charge in [-0.2, -0.15) is 0 Å². The number of halogens is 1. The van der Waals surface area contributed by atoms with Gasteiger partial charge in [-0.05, 0) is 24.6 Å². The molecule has 0 aliphatic rings. The molecule has 0 saturated heterocycles. The van der Waals surface area contributed by atoms with Gasteiger partial charge in [0, 0.05) is 36.0 Å². The van der Waals surface area contributed by atoms with E-state index in [4.69, 9.17) is 27.4 Å². The van der Waals surface area contributed by atoms with Gasteiger partial charge in [0.05, 0.1) is 13.2 Å². The average Bonchev–Trinajstić information content (AvgIpc) is 2.39. The summed E-state index contributed by atoms with van der Waals surface area (Å²) >= 11 is 8.44. The van der Waals surface area contributed by atoms with E-state index in [1.807, 2.05) is 18.2 Å². The molecule has 0 fully saturated rings. The van der Waals surface area contributed by atoms with Crippen LogP contribution in [0.3, 0.4) is 0 Å². The van der Waals surface area contributed by atoms with Crippen molar-refractivity contribution in [2.24, 2.45) is 5.73 Å². The number of rotatable bonds is 9. The van der Waals surface area contributed by atoms with Gasteiger partial charge < -0.3 is 20.5 Å². The number of ether oxygens (including phenoxy) is 2. The molecule has 0 atom stereocenters. The van der Waals surface area contributed by atoms with Crippen LogP contribution in [0, 0.1) is 0 Å². The first kappa shape index (κ1) is 16.4. The minimum absolute atomic E-state index is 0.389. The van der Waals surface area contributed by atoms with Crippen LogP contribution in [0.15, 0.2) is 22.7 Å². The fraction of sp³-hybridized carbons (Fsp3) is 0.462. The minimum Gasteiger partial charge on any atom is -0.389 e. The van der Waals surface area contributed by atoms with Crippen molar-refractivity contribution in [1.82, 2.24) is 0 Å². The topological polar surface area (TPSA) is 56.5 Å². The Hall–Kier alpha value is -0.690. The molecule has 1 aromatic rings. The van der Waals surface area contributed by atoms with Gasteiger partial charge in [-0.3, -0.25) is 0 Å². The first-order valence-electron chi connectivity index (χ1n) is 6.05. The maximum Gasteiger partial charge on any atom is 0.106 e. The Morgan fingerprint density at radius 1 is 1.37 bits per heavy atom. The predicted molar refractivity (Wildman–Crippen MR) is 85.8 cm³/mol. The Morgan fingerprint density at radius 3 is 2.84 bits per heavy atom. The zero-order valence-corrected chi connectivity index (χ0v) is 13.4. The number of benzene rings is 1. The molecule has 4 nitrogen and oxygen atoms in total. The molecule has 0 radical (unpaired) electrons. The van der Waals surface area contributed by atoms with Crippen molar-refractivity contribution in [1.29, 1.82) is 0 Å². The van der Waals surface area contributed by atoms with E-state index in [0.717, 1.165) is 28.7 Å². The van der Waals surface area contributed by atoms with E-state index in [0.29, 0.717) is 24.8 Å². The van der Waals surface area contributed by atoms with Gasteiger partial charge in [-0.1, -0.05) is 28.1 Å². The highest BCUT2D eigenvalue weighted by Crippen LogP contribution is 2.21. The van der Waals surface area contributed by atoms with Crippen LogP contribution in [0.25, 0.3) is 0 Å². The monoisotopic (exact) mass is 346 g/mol. The lowest BCUT2D eigenvalue weighted by Gasteiger charge is -2.11. The fourth-order valence-electron chi connectivity index (χ4n) is 1.52. The molecule has 6 heteroatoms. The molecule has 106 valence electrons. The van der Waals surface area contributed by atoms with E-state index >= 15 is 0 Å². The van der Waals surface area contributed by atoms with Crippen molar-refractivity contribution < 1.29 is 9.47 Å². The molecule has 0 unspecified atom stereocenters. The van der Waals surface area contributed by atoms with Crippen molar-refractivity contribution in [2.75, 3.05) is 38.8 Å². The van der Waals surface area contributed by atoms with E-state index < -0.39 is 0 Å². The molecule has 1 rings (SSSR count). The van der Waals surface area contributed by atoms with Gasteiger partial charge in [0.1, 0.15) is 4.99 Å². The highest BCUT2D eigenvalue weighted by Gasteiger charge is 2.05. The van der Waals surface area contributed by atoms with Crippen LogP contribution in [0.4, 0.5) is 5.69 Å². The maximum atomic E-state index is 5.70. The molecular weight excluding hydrogens is 328 g/mol. The normalized spacial score (nSPS) is 10.4. The number of methoxy groups -OCH3 is 1. The SMILES string of the molecule is COCCOCCCNc1ccc(Br)cc1C(N)=S. The Morgan fingerprint density at radius 2 is 2.16 bits per heavy atom. The lowest BCUT2D eigenvalue weighted by Crippen LogP contribution is -2.14. The summed E-state index contributed by atoms with van der Waals surface area (Å²) in [6.45, 7) is 2.78. The summed E-state index contributed by atoms with van der Waals surface area (Å²) in [6, 6.07) is 5.84. The van der Waals surface area contributed by atoms with Crippen molar-refractivity contribution >= 4 is 38.8 Å². The number of nitrogens with one attached hydrogen (secondary N) is 1. The summed E-state index contributed by atoms with van der Waals surface area (Å²) < 4.78 is 11.2. The summed E-state index contributed by atoms with van der Waals surface area (Å²) in [5.41, 5.74) is 7.50. The van der Waals surface area contributed by atoms with E-state index in [-0.39, 0.29) is 0 Å². The second-order valence-electron chi connectivity index (χ2n) is 3.94. The Labute approximate surface area is 127 Å². The molecular formula is C13H19BrN2O2S. The smallest absolute Gasteiger partial charge is 0.106 e. The van der Waals surface area contributed by atoms with Gasteiger partial charge in [-0.25, -0.2) is 0 Å². The second-order valence-corrected chi connectivity index (χ2v) is 5.30. The zero-order valence-electron chi connectivity index (χ0n) is 10.9. The van der Waals surface area contributed by atoms with Crippen molar-refractivity contribution in [3.63, 3.8) is 0 Å². The summed E-state index contributed by atoms with van der Waals surface area (Å²) in [6.07, 6.45) is 0.913. The van der Waals surface area contributed by atoms with E-state index in [2.05, 4.69) is 21.2 Å². The van der Waals surface area contributed by atoms with E-state index in [1.54, 1.807) is 7.11 Å². The van der Waals surface area contributed by atoms with E-state index in [9.17, 15) is 0 Å². The van der Waals surface area contributed by atoms with Crippen LogP contribution < -0.4 is 11.1 Å². The molecule has 19 heavy (non-hydrogen) atoms. The van der Waals surface area contributed by atoms with Crippen LogP contribution in [0.1, 0.15) is 12.0 Å². The molecule has 0 aromatic heterocycles. The molecule has 0 saturated carbocycles. The third-order valence-corrected chi connectivity index (χ3v) is 3.17. The molecule has 0 spiro atoms. The Balaban J connectivity index is 2.35. The van der Waals surface area contributed by atoms with Gasteiger partial charge in [0.25, 0.3) is 0 Å². The van der Waals surface area contributed by atoms with Crippen LogP contribution in [0.2, 0.25) is 0 Å².